The lowest BCUT2D eigenvalue weighted by Crippen LogP contribution is -2.53. The molecule has 5 heteroatoms. The predicted octanol–water partition coefficient (Wildman–Crippen LogP) is 3.19. The van der Waals surface area contributed by atoms with Gasteiger partial charge in [-0.05, 0) is 30.9 Å². The Bertz CT molecular complexity index is 798. The van der Waals surface area contributed by atoms with E-state index in [1.807, 2.05) is 60.7 Å². The van der Waals surface area contributed by atoms with Crippen molar-refractivity contribution >= 4 is 11.9 Å². The third kappa shape index (κ3) is 3.35. The molecule has 1 N–H and O–H groups in total. The molecule has 0 saturated carbocycles. The first-order valence-corrected chi connectivity index (χ1v) is 9.13. The number of nitrogens with zero attached hydrogens (tertiary/aromatic N) is 1. The minimum atomic E-state index is -1.09. The SMILES string of the molecule is COC(C)(C(=O)N1CCC(C(=O)O)(c2ccccc2)CC1)c1ccccc1. The topological polar surface area (TPSA) is 66.8 Å². The quantitative estimate of drug-likeness (QED) is 0.881. The average Bonchev–Trinajstić information content (AvgIpc) is 2.73. The number of methoxy groups -OCH3 is 1. The highest BCUT2D eigenvalue weighted by Crippen LogP contribution is 2.37. The molecule has 1 atom stereocenters. The van der Waals surface area contributed by atoms with E-state index in [0.29, 0.717) is 25.9 Å². The zero-order valence-electron chi connectivity index (χ0n) is 15.7. The van der Waals surface area contributed by atoms with Crippen LogP contribution in [0.3, 0.4) is 0 Å². The van der Waals surface area contributed by atoms with E-state index in [1.165, 1.54) is 7.11 Å². The van der Waals surface area contributed by atoms with Gasteiger partial charge in [0.1, 0.15) is 0 Å². The summed E-state index contributed by atoms with van der Waals surface area (Å²) >= 11 is 0. The maximum atomic E-state index is 13.2. The molecule has 0 radical (unpaired) electrons. The van der Waals surface area contributed by atoms with Gasteiger partial charge in [0, 0.05) is 20.2 Å². The van der Waals surface area contributed by atoms with Crippen molar-refractivity contribution in [2.45, 2.75) is 30.8 Å². The second-order valence-corrected chi connectivity index (χ2v) is 7.15. The molecule has 1 fully saturated rings. The molecule has 0 bridgehead atoms. The van der Waals surface area contributed by atoms with Crippen molar-refractivity contribution in [2.24, 2.45) is 0 Å². The first kappa shape index (κ1) is 19.1. The molecule has 5 nitrogen and oxygen atoms in total. The summed E-state index contributed by atoms with van der Waals surface area (Å²) in [5.74, 6) is -0.971. The first-order valence-electron chi connectivity index (χ1n) is 9.13. The van der Waals surface area contributed by atoms with Crippen LogP contribution in [0.4, 0.5) is 0 Å². The summed E-state index contributed by atoms with van der Waals surface area (Å²) in [4.78, 5) is 27.0. The summed E-state index contributed by atoms with van der Waals surface area (Å²) < 4.78 is 5.62. The number of likely N-dealkylation sites (tertiary alicyclic amines) is 1. The standard InChI is InChI=1S/C22H25NO4/c1-21(27-2,17-9-5-3-6-10-17)19(24)23-15-13-22(14-16-23,20(25)26)18-11-7-4-8-12-18/h3-12H,13-16H2,1-2H3,(H,25,26). The number of rotatable bonds is 5. The highest BCUT2D eigenvalue weighted by molar-refractivity contribution is 5.87. The Balaban J connectivity index is 1.82. The summed E-state index contributed by atoms with van der Waals surface area (Å²) in [6, 6.07) is 18.7. The Morgan fingerprint density at radius 1 is 1.00 bits per heavy atom. The maximum absolute atomic E-state index is 13.2. The lowest BCUT2D eigenvalue weighted by atomic mass is 9.72. The predicted molar refractivity (Wildman–Crippen MR) is 102 cm³/mol. The molecule has 0 aromatic heterocycles. The largest absolute Gasteiger partial charge is 0.481 e. The highest BCUT2D eigenvalue weighted by Gasteiger charge is 2.46. The highest BCUT2D eigenvalue weighted by atomic mass is 16.5. The zero-order valence-corrected chi connectivity index (χ0v) is 15.7. The van der Waals surface area contributed by atoms with Gasteiger partial charge < -0.3 is 14.7 Å². The van der Waals surface area contributed by atoms with E-state index in [9.17, 15) is 14.7 Å². The Morgan fingerprint density at radius 2 is 1.52 bits per heavy atom. The summed E-state index contributed by atoms with van der Waals surface area (Å²) in [7, 11) is 1.53. The number of ether oxygens (including phenoxy) is 1. The number of hydrogen-bond acceptors (Lipinski definition) is 3. The van der Waals surface area contributed by atoms with Crippen LogP contribution in [0.5, 0.6) is 0 Å². The molecule has 1 heterocycles. The number of carbonyl (C=O) groups excluding carboxylic acids is 1. The fourth-order valence-electron chi connectivity index (χ4n) is 3.86. The Kier molecular flexibility index (Phi) is 5.33. The number of aliphatic carboxylic acids is 1. The number of carboxylic acid groups (broad SMARTS) is 1. The summed E-state index contributed by atoms with van der Waals surface area (Å²) in [6.45, 7) is 2.53. The summed E-state index contributed by atoms with van der Waals surface area (Å²) in [6.07, 6.45) is 0.763. The van der Waals surface area contributed by atoms with Crippen molar-refractivity contribution < 1.29 is 19.4 Å². The molecule has 0 spiro atoms. The number of carboxylic acids is 1. The smallest absolute Gasteiger partial charge is 0.314 e. The molecular weight excluding hydrogens is 342 g/mol. The number of piperidine rings is 1. The van der Waals surface area contributed by atoms with E-state index in [4.69, 9.17) is 4.74 Å². The van der Waals surface area contributed by atoms with Gasteiger partial charge >= 0.3 is 5.97 Å². The molecule has 1 aliphatic heterocycles. The van der Waals surface area contributed by atoms with Gasteiger partial charge in [-0.3, -0.25) is 9.59 Å². The summed E-state index contributed by atoms with van der Waals surface area (Å²) in [5.41, 5.74) is -0.455. The normalized spacial score (nSPS) is 18.5. The Morgan fingerprint density at radius 3 is 2.00 bits per heavy atom. The molecule has 1 unspecified atom stereocenters. The van der Waals surface area contributed by atoms with E-state index < -0.39 is 17.0 Å². The maximum Gasteiger partial charge on any atom is 0.314 e. The van der Waals surface area contributed by atoms with Crippen LogP contribution in [0.25, 0.3) is 0 Å². The van der Waals surface area contributed by atoms with Crippen molar-refractivity contribution in [1.29, 1.82) is 0 Å². The molecule has 2 aromatic rings. The molecule has 27 heavy (non-hydrogen) atoms. The van der Waals surface area contributed by atoms with Gasteiger partial charge in [-0.15, -0.1) is 0 Å². The van der Waals surface area contributed by atoms with Crippen LogP contribution in [0, 0.1) is 0 Å². The number of carbonyl (C=O) groups is 2. The Labute approximate surface area is 159 Å². The average molecular weight is 367 g/mol. The van der Waals surface area contributed by atoms with Gasteiger partial charge in [-0.2, -0.15) is 0 Å². The van der Waals surface area contributed by atoms with Crippen LogP contribution in [0.15, 0.2) is 60.7 Å². The van der Waals surface area contributed by atoms with E-state index in [-0.39, 0.29) is 5.91 Å². The van der Waals surface area contributed by atoms with E-state index in [2.05, 4.69) is 0 Å². The van der Waals surface area contributed by atoms with Crippen LogP contribution in [0.2, 0.25) is 0 Å². The van der Waals surface area contributed by atoms with Crippen LogP contribution in [0.1, 0.15) is 30.9 Å². The first-order chi connectivity index (χ1) is 12.9. The lowest BCUT2D eigenvalue weighted by molar-refractivity contribution is -0.159. The van der Waals surface area contributed by atoms with Gasteiger partial charge in [0.2, 0.25) is 0 Å². The van der Waals surface area contributed by atoms with Crippen molar-refractivity contribution in [1.82, 2.24) is 4.90 Å². The molecule has 2 aromatic carbocycles. The van der Waals surface area contributed by atoms with Crippen molar-refractivity contribution in [3.63, 3.8) is 0 Å². The van der Waals surface area contributed by atoms with Crippen molar-refractivity contribution in [3.05, 3.63) is 71.8 Å². The van der Waals surface area contributed by atoms with Gasteiger partial charge in [0.15, 0.2) is 5.60 Å². The lowest BCUT2D eigenvalue weighted by Gasteiger charge is -2.42. The number of benzene rings is 2. The third-order valence-corrected chi connectivity index (χ3v) is 5.78. The number of hydrogen-bond donors (Lipinski definition) is 1. The monoisotopic (exact) mass is 367 g/mol. The number of amides is 1. The molecular formula is C22H25NO4. The van der Waals surface area contributed by atoms with Crippen molar-refractivity contribution in [3.8, 4) is 0 Å². The van der Waals surface area contributed by atoms with Crippen molar-refractivity contribution in [2.75, 3.05) is 20.2 Å². The van der Waals surface area contributed by atoms with Gasteiger partial charge in [-0.1, -0.05) is 60.7 Å². The van der Waals surface area contributed by atoms with Crippen LogP contribution in [-0.4, -0.2) is 42.1 Å². The zero-order chi connectivity index (χ0) is 19.5. The minimum Gasteiger partial charge on any atom is -0.481 e. The van der Waals surface area contributed by atoms with Gasteiger partial charge in [0.05, 0.1) is 5.41 Å². The summed E-state index contributed by atoms with van der Waals surface area (Å²) in [5, 5.41) is 9.92. The van der Waals surface area contributed by atoms with E-state index >= 15 is 0 Å². The molecule has 3 rings (SSSR count). The molecule has 0 aliphatic carbocycles. The Hall–Kier alpha value is -2.66. The van der Waals surface area contributed by atoms with Crippen LogP contribution in [-0.2, 0) is 25.3 Å². The second-order valence-electron chi connectivity index (χ2n) is 7.15. The van der Waals surface area contributed by atoms with Gasteiger partial charge in [0.25, 0.3) is 5.91 Å². The third-order valence-electron chi connectivity index (χ3n) is 5.78. The van der Waals surface area contributed by atoms with E-state index in [1.54, 1.807) is 11.8 Å². The van der Waals surface area contributed by atoms with Crippen LogP contribution < -0.4 is 0 Å². The van der Waals surface area contributed by atoms with Gasteiger partial charge in [-0.25, -0.2) is 0 Å². The molecule has 1 amide bonds. The molecule has 1 aliphatic rings. The molecule has 142 valence electrons. The minimum absolute atomic E-state index is 0.136. The second kappa shape index (κ2) is 7.53. The fraction of sp³-hybridized carbons (Fsp3) is 0.364. The van der Waals surface area contributed by atoms with Crippen LogP contribution >= 0.6 is 0 Å². The van der Waals surface area contributed by atoms with E-state index in [0.717, 1.165) is 11.1 Å². The fourth-order valence-corrected chi connectivity index (χ4v) is 3.86. The molecule has 1 saturated heterocycles.